The van der Waals surface area contributed by atoms with E-state index in [4.69, 9.17) is 16.3 Å². The summed E-state index contributed by atoms with van der Waals surface area (Å²) in [5, 5.41) is 6.66. The molecule has 2 aromatic carbocycles. The molecule has 0 aliphatic rings. The van der Waals surface area contributed by atoms with Crippen molar-refractivity contribution in [1.82, 2.24) is 10.6 Å². The van der Waals surface area contributed by atoms with Gasteiger partial charge in [0, 0.05) is 18.0 Å². The molecule has 2 N–H and O–H groups in total. The van der Waals surface area contributed by atoms with E-state index in [1.807, 2.05) is 55.6 Å². The standard InChI is InChI=1S/C18H21ClN2O2.ClH/c1-20-12-11-17(22)21-18(15-5-3-4-6-16(15)19)13-7-9-14(23-2)10-8-13;/h3-10,18,20H,11-12H2,1-2H3,(H,21,22);1H. The summed E-state index contributed by atoms with van der Waals surface area (Å²) >= 11 is 6.33. The quantitative estimate of drug-likeness (QED) is 0.784. The van der Waals surface area contributed by atoms with Crippen molar-refractivity contribution in [2.24, 2.45) is 0 Å². The van der Waals surface area contributed by atoms with Crippen LogP contribution in [0.3, 0.4) is 0 Å². The Hall–Kier alpha value is -1.75. The van der Waals surface area contributed by atoms with Crippen molar-refractivity contribution in [2.75, 3.05) is 20.7 Å². The van der Waals surface area contributed by atoms with Crippen LogP contribution in [0.15, 0.2) is 48.5 Å². The van der Waals surface area contributed by atoms with Crippen LogP contribution in [0.5, 0.6) is 5.75 Å². The number of halogens is 2. The van der Waals surface area contributed by atoms with Gasteiger partial charge in [-0.3, -0.25) is 4.79 Å². The predicted molar refractivity (Wildman–Crippen MR) is 100 cm³/mol. The van der Waals surface area contributed by atoms with Crippen LogP contribution in [0, 0.1) is 0 Å². The van der Waals surface area contributed by atoms with E-state index in [-0.39, 0.29) is 24.4 Å². The van der Waals surface area contributed by atoms with Gasteiger partial charge >= 0.3 is 0 Å². The maximum Gasteiger partial charge on any atom is 0.222 e. The number of rotatable bonds is 7. The first-order chi connectivity index (χ1) is 11.2. The molecule has 130 valence electrons. The zero-order valence-corrected chi connectivity index (χ0v) is 15.3. The van der Waals surface area contributed by atoms with Gasteiger partial charge in [0.2, 0.25) is 5.91 Å². The van der Waals surface area contributed by atoms with Crippen molar-refractivity contribution in [1.29, 1.82) is 0 Å². The first kappa shape index (κ1) is 20.3. The topological polar surface area (TPSA) is 50.4 Å². The first-order valence-corrected chi connectivity index (χ1v) is 7.86. The lowest BCUT2D eigenvalue weighted by Crippen LogP contribution is -2.31. The smallest absolute Gasteiger partial charge is 0.222 e. The third-order valence-electron chi connectivity index (χ3n) is 3.57. The van der Waals surface area contributed by atoms with Crippen LogP contribution in [0.2, 0.25) is 5.02 Å². The Kier molecular flexibility index (Phi) is 8.61. The molecule has 0 fully saturated rings. The highest BCUT2D eigenvalue weighted by Gasteiger charge is 2.19. The number of methoxy groups -OCH3 is 1. The van der Waals surface area contributed by atoms with Gasteiger partial charge in [-0.1, -0.05) is 41.9 Å². The highest BCUT2D eigenvalue weighted by Crippen LogP contribution is 2.29. The second-order valence-electron chi connectivity index (χ2n) is 5.15. The summed E-state index contributed by atoms with van der Waals surface area (Å²) in [7, 11) is 3.45. The van der Waals surface area contributed by atoms with E-state index in [0.29, 0.717) is 18.0 Å². The minimum atomic E-state index is -0.293. The van der Waals surface area contributed by atoms with E-state index in [9.17, 15) is 4.79 Å². The molecular weight excluding hydrogens is 347 g/mol. The fourth-order valence-electron chi connectivity index (χ4n) is 2.32. The van der Waals surface area contributed by atoms with Crippen LogP contribution in [0.4, 0.5) is 0 Å². The SMILES string of the molecule is CNCCC(=O)NC(c1ccc(OC)cc1)c1ccccc1Cl.Cl. The minimum absolute atomic E-state index is 0. The second kappa shape index (κ2) is 10.2. The average molecular weight is 369 g/mol. The molecule has 24 heavy (non-hydrogen) atoms. The van der Waals surface area contributed by atoms with Gasteiger partial charge in [-0.05, 0) is 36.4 Å². The Morgan fingerprint density at radius 2 is 1.83 bits per heavy atom. The molecule has 6 heteroatoms. The van der Waals surface area contributed by atoms with Crippen LogP contribution >= 0.6 is 24.0 Å². The summed E-state index contributed by atoms with van der Waals surface area (Å²) in [6, 6.07) is 14.9. The van der Waals surface area contributed by atoms with Gasteiger partial charge < -0.3 is 15.4 Å². The summed E-state index contributed by atoms with van der Waals surface area (Å²) in [5.74, 6) is 0.744. The van der Waals surface area contributed by atoms with E-state index >= 15 is 0 Å². The van der Waals surface area contributed by atoms with E-state index in [1.165, 1.54) is 0 Å². The van der Waals surface area contributed by atoms with Crippen LogP contribution in [-0.4, -0.2) is 26.6 Å². The number of nitrogens with one attached hydrogen (secondary N) is 2. The minimum Gasteiger partial charge on any atom is -0.497 e. The Labute approximate surface area is 154 Å². The fourth-order valence-corrected chi connectivity index (χ4v) is 2.56. The number of hydrogen-bond acceptors (Lipinski definition) is 3. The summed E-state index contributed by atoms with van der Waals surface area (Å²) in [4.78, 5) is 12.2. The van der Waals surface area contributed by atoms with E-state index in [1.54, 1.807) is 7.11 Å². The number of benzene rings is 2. The van der Waals surface area contributed by atoms with Gasteiger partial charge in [0.1, 0.15) is 5.75 Å². The zero-order chi connectivity index (χ0) is 16.7. The Balaban J connectivity index is 0.00000288. The van der Waals surface area contributed by atoms with Gasteiger partial charge in [0.15, 0.2) is 0 Å². The van der Waals surface area contributed by atoms with Crippen molar-refractivity contribution in [3.05, 3.63) is 64.7 Å². The van der Waals surface area contributed by atoms with Crippen molar-refractivity contribution in [2.45, 2.75) is 12.5 Å². The molecule has 0 bridgehead atoms. The van der Waals surface area contributed by atoms with E-state index in [2.05, 4.69) is 10.6 Å². The molecule has 0 aromatic heterocycles. The molecule has 0 heterocycles. The van der Waals surface area contributed by atoms with E-state index < -0.39 is 0 Å². The highest BCUT2D eigenvalue weighted by atomic mass is 35.5. The highest BCUT2D eigenvalue weighted by molar-refractivity contribution is 6.31. The van der Waals surface area contributed by atoms with Crippen LogP contribution < -0.4 is 15.4 Å². The maximum atomic E-state index is 12.2. The Bertz CT molecular complexity index is 648. The van der Waals surface area contributed by atoms with Gasteiger partial charge in [-0.15, -0.1) is 12.4 Å². The number of amides is 1. The van der Waals surface area contributed by atoms with Crippen LogP contribution in [0.1, 0.15) is 23.6 Å². The first-order valence-electron chi connectivity index (χ1n) is 7.48. The lowest BCUT2D eigenvalue weighted by Gasteiger charge is -2.21. The number of carbonyl (C=O) groups is 1. The molecule has 0 saturated carbocycles. The van der Waals surface area contributed by atoms with Gasteiger partial charge in [-0.2, -0.15) is 0 Å². The summed E-state index contributed by atoms with van der Waals surface area (Å²) in [6.07, 6.45) is 0.410. The maximum absolute atomic E-state index is 12.2. The molecule has 2 aromatic rings. The molecule has 2 rings (SSSR count). The van der Waals surface area contributed by atoms with E-state index in [0.717, 1.165) is 16.9 Å². The van der Waals surface area contributed by atoms with Crippen molar-refractivity contribution < 1.29 is 9.53 Å². The zero-order valence-electron chi connectivity index (χ0n) is 13.7. The summed E-state index contributed by atoms with van der Waals surface area (Å²) in [5.41, 5.74) is 1.83. The van der Waals surface area contributed by atoms with Crippen LogP contribution in [-0.2, 0) is 4.79 Å². The number of carbonyl (C=O) groups excluding carboxylic acids is 1. The molecule has 0 spiro atoms. The fraction of sp³-hybridized carbons (Fsp3) is 0.278. The third-order valence-corrected chi connectivity index (χ3v) is 3.92. The summed E-state index contributed by atoms with van der Waals surface area (Å²) < 4.78 is 5.19. The van der Waals surface area contributed by atoms with Gasteiger partial charge in [0.05, 0.1) is 13.2 Å². The van der Waals surface area contributed by atoms with Gasteiger partial charge in [-0.25, -0.2) is 0 Å². The molecular formula is C18H22Cl2N2O2. The molecule has 1 atom stereocenters. The largest absolute Gasteiger partial charge is 0.497 e. The predicted octanol–water partition coefficient (Wildman–Crippen LogP) is 3.59. The molecule has 0 saturated heterocycles. The monoisotopic (exact) mass is 368 g/mol. The van der Waals surface area contributed by atoms with Crippen molar-refractivity contribution in [3.8, 4) is 5.75 Å². The Morgan fingerprint density at radius 3 is 2.42 bits per heavy atom. The number of ether oxygens (including phenoxy) is 1. The average Bonchev–Trinajstić information content (AvgIpc) is 2.59. The Morgan fingerprint density at radius 1 is 1.17 bits per heavy atom. The molecule has 0 aliphatic carbocycles. The summed E-state index contributed by atoms with van der Waals surface area (Å²) in [6.45, 7) is 0.629. The molecule has 0 radical (unpaired) electrons. The van der Waals surface area contributed by atoms with Crippen molar-refractivity contribution in [3.63, 3.8) is 0 Å². The van der Waals surface area contributed by atoms with Crippen molar-refractivity contribution >= 4 is 29.9 Å². The second-order valence-corrected chi connectivity index (χ2v) is 5.56. The lowest BCUT2D eigenvalue weighted by atomic mass is 9.98. The number of hydrogen-bond donors (Lipinski definition) is 2. The third kappa shape index (κ3) is 5.41. The molecule has 1 amide bonds. The lowest BCUT2D eigenvalue weighted by molar-refractivity contribution is -0.121. The normalized spacial score (nSPS) is 11.3. The molecule has 1 unspecified atom stereocenters. The molecule has 4 nitrogen and oxygen atoms in total. The van der Waals surface area contributed by atoms with Gasteiger partial charge in [0.25, 0.3) is 0 Å². The van der Waals surface area contributed by atoms with Crippen LogP contribution in [0.25, 0.3) is 0 Å². The molecule has 0 aliphatic heterocycles.